The van der Waals surface area contributed by atoms with Crippen LogP contribution in [0.5, 0.6) is 0 Å². The zero-order valence-corrected chi connectivity index (χ0v) is 2.10. The van der Waals surface area contributed by atoms with Gasteiger partial charge in [-0.2, -0.15) is 0 Å². The van der Waals surface area contributed by atoms with Crippen LogP contribution in [0.4, 0.5) is 0 Å². The highest BCUT2D eigenvalue weighted by Crippen LogP contribution is 1.39. The highest BCUT2D eigenvalue weighted by molar-refractivity contribution is 4.06. The normalized spacial score (nSPS) is 18.5. The Hall–Kier alpha value is -0.0800. The molecule has 0 saturated heterocycles. The van der Waals surface area contributed by atoms with Crippen LogP contribution in [0, 0.1) is 0 Å². The number of rotatable bonds is 1. The van der Waals surface area contributed by atoms with Crippen LogP contribution in [-0.2, 0) is 0 Å². The molecular formula is C2H6O2. The molecule has 0 radical (unpaired) electrons. The van der Waals surface area contributed by atoms with E-state index in [-0.39, 0.29) is 0 Å². The molecule has 0 fully saturated rings. The van der Waals surface area contributed by atoms with Crippen LogP contribution in [0.1, 0.15) is 2.74 Å². The van der Waals surface area contributed by atoms with E-state index in [2.05, 4.69) is 0 Å². The Morgan fingerprint density at radius 1 is 1.75 bits per heavy atom. The summed E-state index contributed by atoms with van der Waals surface area (Å²) in [5, 5.41) is 15.7. The van der Waals surface area contributed by atoms with E-state index in [9.17, 15) is 0 Å². The fourth-order valence-corrected chi connectivity index (χ4v) is 0. The molecule has 2 heteroatoms. The van der Waals surface area contributed by atoms with Crippen molar-refractivity contribution in [3.8, 4) is 0 Å². The summed E-state index contributed by atoms with van der Waals surface area (Å²) in [5.41, 5.74) is 0. The molecule has 0 spiro atoms. The van der Waals surface area contributed by atoms with Crippen molar-refractivity contribution < 1.29 is 13.0 Å². The van der Waals surface area contributed by atoms with Gasteiger partial charge >= 0.3 is 0 Å². The summed E-state index contributed by atoms with van der Waals surface area (Å²) >= 11 is 0. The summed E-state index contributed by atoms with van der Waals surface area (Å²) in [5.74, 6) is 0. The molecule has 0 unspecified atom stereocenters. The molecule has 0 heterocycles. The molecule has 0 aliphatic heterocycles. The van der Waals surface area contributed by atoms with E-state index < -0.39 is 13.2 Å². The standard InChI is InChI=1S/C2H6O2/c3-1-2-4/h3-4H,1-2H2/i1D2. The average molecular weight is 64.1 g/mol. The van der Waals surface area contributed by atoms with Crippen LogP contribution in [0.3, 0.4) is 0 Å². The van der Waals surface area contributed by atoms with Crippen molar-refractivity contribution in [2.24, 2.45) is 0 Å². The van der Waals surface area contributed by atoms with Gasteiger partial charge in [-0.15, -0.1) is 0 Å². The van der Waals surface area contributed by atoms with E-state index in [0.717, 1.165) is 0 Å². The first kappa shape index (κ1) is 1.38. The molecule has 0 saturated carbocycles. The average Bonchev–Trinajstić information content (AvgIpc) is 1.35. The minimum atomic E-state index is -2.40. The molecule has 4 heavy (non-hydrogen) atoms. The van der Waals surface area contributed by atoms with Gasteiger partial charge in [-0.3, -0.25) is 0 Å². The zero-order chi connectivity index (χ0) is 5.21. The molecule has 0 aliphatic carbocycles. The van der Waals surface area contributed by atoms with Gasteiger partial charge in [-0.1, -0.05) is 0 Å². The Morgan fingerprint density at radius 3 is 2.00 bits per heavy atom. The maximum Gasteiger partial charge on any atom is 0.0662 e. The van der Waals surface area contributed by atoms with E-state index in [1.54, 1.807) is 0 Å². The summed E-state index contributed by atoms with van der Waals surface area (Å²) in [6, 6.07) is 0. The molecule has 0 aromatic carbocycles. The SMILES string of the molecule is [2H]C([2H])(O)CO. The molecule has 26 valence electrons. The lowest BCUT2D eigenvalue weighted by atomic mass is 10.8. The van der Waals surface area contributed by atoms with Gasteiger partial charge in [0.25, 0.3) is 0 Å². The van der Waals surface area contributed by atoms with Crippen LogP contribution >= 0.6 is 0 Å². The second-order valence-corrected chi connectivity index (χ2v) is 0.316. The van der Waals surface area contributed by atoms with Gasteiger partial charge in [-0.05, 0) is 0 Å². The third kappa shape index (κ3) is 1.92. The van der Waals surface area contributed by atoms with E-state index in [4.69, 9.17) is 13.0 Å². The quantitative estimate of drug-likeness (QED) is 0.409. The number of aliphatic hydroxyl groups is 2. The van der Waals surface area contributed by atoms with Gasteiger partial charge < -0.3 is 10.2 Å². The summed E-state index contributed by atoms with van der Waals surface area (Å²) in [6.45, 7) is -3.24. The second kappa shape index (κ2) is 2.92. The summed E-state index contributed by atoms with van der Waals surface area (Å²) in [4.78, 5) is 0. The van der Waals surface area contributed by atoms with Crippen molar-refractivity contribution in [3.63, 3.8) is 0 Å². The van der Waals surface area contributed by atoms with E-state index in [1.807, 2.05) is 0 Å². The van der Waals surface area contributed by atoms with E-state index in [0.29, 0.717) is 0 Å². The van der Waals surface area contributed by atoms with Crippen molar-refractivity contribution in [1.29, 1.82) is 0 Å². The lowest BCUT2D eigenvalue weighted by Gasteiger charge is -1.70. The molecule has 0 atom stereocenters. The van der Waals surface area contributed by atoms with E-state index >= 15 is 0 Å². The lowest BCUT2D eigenvalue weighted by molar-refractivity contribution is 0.186. The van der Waals surface area contributed by atoms with Crippen molar-refractivity contribution >= 4 is 0 Å². The smallest absolute Gasteiger partial charge is 0.0662 e. The van der Waals surface area contributed by atoms with Gasteiger partial charge in [-0.25, -0.2) is 0 Å². The third-order valence-electron chi connectivity index (χ3n) is 0.0707. The van der Waals surface area contributed by atoms with Crippen LogP contribution in [0.25, 0.3) is 0 Å². The molecule has 2 nitrogen and oxygen atoms in total. The van der Waals surface area contributed by atoms with Crippen LogP contribution in [0.2, 0.25) is 0 Å². The van der Waals surface area contributed by atoms with Gasteiger partial charge in [0.1, 0.15) is 0 Å². The third-order valence-corrected chi connectivity index (χ3v) is 0.0707. The summed E-state index contributed by atoms with van der Waals surface area (Å²) in [7, 11) is 0. The highest BCUT2D eigenvalue weighted by atomic mass is 16.3. The number of hydrogen-bond acceptors (Lipinski definition) is 2. The van der Waals surface area contributed by atoms with Crippen LogP contribution in [0.15, 0.2) is 0 Å². The van der Waals surface area contributed by atoms with Crippen molar-refractivity contribution in [2.45, 2.75) is 0 Å². The van der Waals surface area contributed by atoms with Crippen molar-refractivity contribution in [3.05, 3.63) is 0 Å². The Kier molecular flexibility index (Phi) is 1.01. The minimum Gasteiger partial charge on any atom is -0.394 e. The molecule has 0 aromatic heterocycles. The summed E-state index contributed by atoms with van der Waals surface area (Å²) < 4.78 is 12.3. The minimum absolute atomic E-state index is 0.840. The predicted molar refractivity (Wildman–Crippen MR) is 14.2 cm³/mol. The Morgan fingerprint density at radius 2 is 2.00 bits per heavy atom. The van der Waals surface area contributed by atoms with Crippen LogP contribution < -0.4 is 0 Å². The molecule has 0 rings (SSSR count). The molecular weight excluding hydrogens is 56.0 g/mol. The lowest BCUT2D eigenvalue weighted by Crippen LogP contribution is -1.85. The summed E-state index contributed by atoms with van der Waals surface area (Å²) in [6.07, 6.45) is 0. The Bertz CT molecular complexity index is 39.3. The molecule has 0 aromatic rings. The first-order valence-corrected chi connectivity index (χ1v) is 0.893. The van der Waals surface area contributed by atoms with Gasteiger partial charge in [0, 0.05) is 0 Å². The first-order chi connectivity index (χ1) is 2.56. The van der Waals surface area contributed by atoms with Gasteiger partial charge in [0.2, 0.25) is 0 Å². The topological polar surface area (TPSA) is 40.5 Å². The van der Waals surface area contributed by atoms with Gasteiger partial charge in [0.15, 0.2) is 0 Å². The van der Waals surface area contributed by atoms with E-state index in [1.165, 1.54) is 0 Å². The molecule has 0 amide bonds. The Labute approximate surface area is 27.5 Å². The monoisotopic (exact) mass is 64.0 g/mol. The highest BCUT2D eigenvalue weighted by Gasteiger charge is 1.58. The fourth-order valence-electron chi connectivity index (χ4n) is 0. The second-order valence-electron chi connectivity index (χ2n) is 0.316. The largest absolute Gasteiger partial charge is 0.394 e. The number of hydrogen-bond donors (Lipinski definition) is 2. The van der Waals surface area contributed by atoms with Crippen LogP contribution in [-0.4, -0.2) is 23.4 Å². The molecule has 0 bridgehead atoms. The maximum absolute atomic E-state index is 7.91. The van der Waals surface area contributed by atoms with Crippen molar-refractivity contribution in [1.82, 2.24) is 0 Å². The molecule has 0 aliphatic rings. The van der Waals surface area contributed by atoms with Crippen molar-refractivity contribution in [2.75, 3.05) is 13.2 Å². The number of aliphatic hydroxyl groups excluding tert-OH is 1. The Balaban J connectivity index is 3.17. The fraction of sp³-hybridized carbons (Fsp3) is 1.00. The maximum atomic E-state index is 7.91. The predicted octanol–water partition coefficient (Wildman–Crippen LogP) is -1.03. The first-order valence-electron chi connectivity index (χ1n) is 1.89. The van der Waals surface area contributed by atoms with Gasteiger partial charge in [0.05, 0.1) is 15.9 Å². The zero-order valence-electron chi connectivity index (χ0n) is 4.10. The molecule has 2 N–H and O–H groups in total.